The molecular formula is C13H18ClNS. The SMILES string of the molecule is Clc1ccc(SCC[C@@H]2CCCCN2)cc1. The molecule has 1 aromatic rings. The van der Waals surface area contributed by atoms with Crippen LogP contribution in [0.4, 0.5) is 0 Å². The summed E-state index contributed by atoms with van der Waals surface area (Å²) in [6, 6.07) is 8.86. The first-order chi connectivity index (χ1) is 7.84. The Morgan fingerprint density at radius 3 is 2.75 bits per heavy atom. The normalized spacial score (nSPS) is 20.9. The molecule has 3 heteroatoms. The molecule has 0 amide bonds. The van der Waals surface area contributed by atoms with Gasteiger partial charge in [-0.3, -0.25) is 0 Å². The fraction of sp³-hybridized carbons (Fsp3) is 0.538. The Morgan fingerprint density at radius 1 is 1.25 bits per heavy atom. The van der Waals surface area contributed by atoms with E-state index in [4.69, 9.17) is 11.6 Å². The molecule has 0 aromatic heterocycles. The molecule has 1 heterocycles. The van der Waals surface area contributed by atoms with Crippen molar-refractivity contribution < 1.29 is 0 Å². The van der Waals surface area contributed by atoms with Crippen LogP contribution in [0.5, 0.6) is 0 Å². The summed E-state index contributed by atoms with van der Waals surface area (Å²) in [5.74, 6) is 1.19. The molecule has 0 saturated carbocycles. The molecule has 1 nitrogen and oxygen atoms in total. The molecule has 1 aromatic carbocycles. The van der Waals surface area contributed by atoms with Crippen molar-refractivity contribution >= 4 is 23.4 Å². The Morgan fingerprint density at radius 2 is 2.06 bits per heavy atom. The smallest absolute Gasteiger partial charge is 0.0406 e. The molecule has 1 atom stereocenters. The van der Waals surface area contributed by atoms with Crippen LogP contribution in [0.3, 0.4) is 0 Å². The van der Waals surface area contributed by atoms with Gasteiger partial charge in [0.2, 0.25) is 0 Å². The lowest BCUT2D eigenvalue weighted by Crippen LogP contribution is -2.34. The zero-order chi connectivity index (χ0) is 11.2. The molecule has 0 spiro atoms. The van der Waals surface area contributed by atoms with Gasteiger partial charge in [-0.25, -0.2) is 0 Å². The second-order valence-corrected chi connectivity index (χ2v) is 5.84. The number of thioether (sulfide) groups is 1. The van der Waals surface area contributed by atoms with E-state index in [1.54, 1.807) is 0 Å². The maximum Gasteiger partial charge on any atom is 0.0406 e. The van der Waals surface area contributed by atoms with Crippen LogP contribution in [0.1, 0.15) is 25.7 Å². The van der Waals surface area contributed by atoms with Crippen molar-refractivity contribution in [2.24, 2.45) is 0 Å². The standard InChI is InChI=1S/C13H18ClNS/c14-11-4-6-13(7-5-11)16-10-8-12-3-1-2-9-15-12/h4-7,12,15H,1-3,8-10H2/t12-/m0/s1. The number of rotatable bonds is 4. The number of nitrogens with one attached hydrogen (secondary N) is 1. The molecule has 0 unspecified atom stereocenters. The van der Waals surface area contributed by atoms with Gasteiger partial charge in [-0.1, -0.05) is 18.0 Å². The number of hydrogen-bond donors (Lipinski definition) is 1. The molecule has 0 bridgehead atoms. The summed E-state index contributed by atoms with van der Waals surface area (Å²) in [7, 11) is 0. The Kier molecular flexibility index (Phi) is 5.01. The summed E-state index contributed by atoms with van der Waals surface area (Å²) in [5.41, 5.74) is 0. The Labute approximate surface area is 107 Å². The van der Waals surface area contributed by atoms with Crippen LogP contribution in [-0.2, 0) is 0 Å². The van der Waals surface area contributed by atoms with Gasteiger partial charge in [0.25, 0.3) is 0 Å². The van der Waals surface area contributed by atoms with Gasteiger partial charge >= 0.3 is 0 Å². The van der Waals surface area contributed by atoms with Gasteiger partial charge in [-0.2, -0.15) is 0 Å². The minimum absolute atomic E-state index is 0.744. The lowest BCUT2D eigenvalue weighted by Gasteiger charge is -2.23. The number of piperidine rings is 1. The zero-order valence-electron chi connectivity index (χ0n) is 9.42. The largest absolute Gasteiger partial charge is 0.314 e. The van der Waals surface area contributed by atoms with E-state index in [9.17, 15) is 0 Å². The summed E-state index contributed by atoms with van der Waals surface area (Å²) in [6.45, 7) is 1.20. The zero-order valence-corrected chi connectivity index (χ0v) is 11.0. The van der Waals surface area contributed by atoms with Crippen LogP contribution < -0.4 is 5.32 Å². The molecule has 2 rings (SSSR count). The van der Waals surface area contributed by atoms with Gasteiger partial charge in [0, 0.05) is 16.0 Å². The second-order valence-electron chi connectivity index (χ2n) is 4.24. The third-order valence-electron chi connectivity index (χ3n) is 2.96. The van der Waals surface area contributed by atoms with Gasteiger partial charge in [-0.15, -0.1) is 11.8 Å². The highest BCUT2D eigenvalue weighted by molar-refractivity contribution is 7.99. The van der Waals surface area contributed by atoms with Crippen molar-refractivity contribution in [3.05, 3.63) is 29.3 Å². The lowest BCUT2D eigenvalue weighted by atomic mass is 10.0. The Hall–Kier alpha value is -0.180. The van der Waals surface area contributed by atoms with Gasteiger partial charge in [0.15, 0.2) is 0 Å². The maximum atomic E-state index is 5.85. The van der Waals surface area contributed by atoms with Crippen LogP contribution in [0, 0.1) is 0 Å². The van der Waals surface area contributed by atoms with Crippen molar-refractivity contribution in [1.82, 2.24) is 5.32 Å². The quantitative estimate of drug-likeness (QED) is 0.818. The first-order valence-corrected chi connectivity index (χ1v) is 7.33. The monoisotopic (exact) mass is 255 g/mol. The number of benzene rings is 1. The van der Waals surface area contributed by atoms with E-state index >= 15 is 0 Å². The summed E-state index contributed by atoms with van der Waals surface area (Å²) >= 11 is 7.77. The summed E-state index contributed by atoms with van der Waals surface area (Å²) in [6.07, 6.45) is 5.36. The predicted octanol–water partition coefficient (Wildman–Crippen LogP) is 3.96. The first kappa shape index (κ1) is 12.3. The van der Waals surface area contributed by atoms with Crippen LogP contribution in [0.25, 0.3) is 0 Å². The fourth-order valence-electron chi connectivity index (χ4n) is 2.02. The van der Waals surface area contributed by atoms with E-state index in [1.807, 2.05) is 23.9 Å². The van der Waals surface area contributed by atoms with Crippen LogP contribution in [-0.4, -0.2) is 18.3 Å². The fourth-order valence-corrected chi connectivity index (χ4v) is 3.11. The van der Waals surface area contributed by atoms with Gasteiger partial charge in [-0.05, 0) is 55.8 Å². The highest BCUT2D eigenvalue weighted by Crippen LogP contribution is 2.22. The van der Waals surface area contributed by atoms with E-state index in [-0.39, 0.29) is 0 Å². The second kappa shape index (κ2) is 6.53. The average Bonchev–Trinajstić information content (AvgIpc) is 2.33. The van der Waals surface area contributed by atoms with Gasteiger partial charge < -0.3 is 5.32 Å². The molecule has 1 N–H and O–H groups in total. The van der Waals surface area contributed by atoms with Crippen LogP contribution >= 0.6 is 23.4 Å². The summed E-state index contributed by atoms with van der Waals surface area (Å²) in [4.78, 5) is 1.32. The minimum Gasteiger partial charge on any atom is -0.314 e. The van der Waals surface area contributed by atoms with Crippen molar-refractivity contribution in [3.8, 4) is 0 Å². The molecule has 16 heavy (non-hydrogen) atoms. The Balaban J connectivity index is 1.69. The average molecular weight is 256 g/mol. The number of hydrogen-bond acceptors (Lipinski definition) is 2. The van der Waals surface area contributed by atoms with Gasteiger partial charge in [0.05, 0.1) is 0 Å². The van der Waals surface area contributed by atoms with E-state index < -0.39 is 0 Å². The minimum atomic E-state index is 0.744. The first-order valence-electron chi connectivity index (χ1n) is 5.96. The summed E-state index contributed by atoms with van der Waals surface area (Å²) < 4.78 is 0. The van der Waals surface area contributed by atoms with Crippen LogP contribution in [0.15, 0.2) is 29.2 Å². The van der Waals surface area contributed by atoms with Crippen molar-refractivity contribution in [2.75, 3.05) is 12.3 Å². The molecule has 88 valence electrons. The van der Waals surface area contributed by atoms with E-state index in [1.165, 1.54) is 42.9 Å². The molecular weight excluding hydrogens is 238 g/mol. The molecule has 0 aliphatic carbocycles. The topological polar surface area (TPSA) is 12.0 Å². The van der Waals surface area contributed by atoms with Crippen LogP contribution in [0.2, 0.25) is 5.02 Å². The van der Waals surface area contributed by atoms with Crippen molar-refractivity contribution in [1.29, 1.82) is 0 Å². The van der Waals surface area contributed by atoms with E-state index in [0.717, 1.165) is 11.1 Å². The van der Waals surface area contributed by atoms with E-state index in [2.05, 4.69) is 17.4 Å². The van der Waals surface area contributed by atoms with Gasteiger partial charge in [0.1, 0.15) is 0 Å². The van der Waals surface area contributed by atoms with E-state index in [0.29, 0.717) is 0 Å². The highest BCUT2D eigenvalue weighted by Gasteiger charge is 2.11. The van der Waals surface area contributed by atoms with Crippen molar-refractivity contribution in [2.45, 2.75) is 36.6 Å². The molecule has 0 radical (unpaired) electrons. The third kappa shape index (κ3) is 4.00. The predicted molar refractivity (Wildman–Crippen MR) is 72.4 cm³/mol. The lowest BCUT2D eigenvalue weighted by molar-refractivity contribution is 0.395. The molecule has 1 aliphatic heterocycles. The third-order valence-corrected chi connectivity index (χ3v) is 4.26. The summed E-state index contributed by atoms with van der Waals surface area (Å²) in [5, 5.41) is 4.40. The number of halogens is 1. The Bertz CT molecular complexity index is 306. The maximum absolute atomic E-state index is 5.85. The molecule has 1 saturated heterocycles. The highest BCUT2D eigenvalue weighted by atomic mass is 35.5. The molecule has 1 fully saturated rings. The molecule has 1 aliphatic rings. The van der Waals surface area contributed by atoms with Crippen molar-refractivity contribution in [3.63, 3.8) is 0 Å².